The minimum Gasteiger partial charge on any atom is -0.375 e. The number of primary amides is 1. The van der Waals surface area contributed by atoms with E-state index >= 15 is 0 Å². The SMILES string of the molecule is NSCNc1cccc(C(N)=O)c1. The molecule has 0 saturated heterocycles. The van der Waals surface area contributed by atoms with Crippen molar-refractivity contribution < 1.29 is 4.79 Å². The van der Waals surface area contributed by atoms with Crippen LogP contribution in [0.1, 0.15) is 10.4 Å². The molecule has 0 aromatic heterocycles. The van der Waals surface area contributed by atoms with Crippen molar-refractivity contribution in [1.82, 2.24) is 0 Å². The molecule has 4 nitrogen and oxygen atoms in total. The summed E-state index contributed by atoms with van der Waals surface area (Å²) in [7, 11) is 0. The highest BCUT2D eigenvalue weighted by molar-refractivity contribution is 7.97. The second-order valence-corrected chi connectivity index (χ2v) is 3.05. The van der Waals surface area contributed by atoms with Crippen molar-refractivity contribution in [2.45, 2.75) is 0 Å². The highest BCUT2D eigenvalue weighted by Gasteiger charge is 1.99. The lowest BCUT2D eigenvalue weighted by Gasteiger charge is -2.04. The molecule has 70 valence electrons. The van der Waals surface area contributed by atoms with Gasteiger partial charge in [-0.1, -0.05) is 18.0 Å². The van der Waals surface area contributed by atoms with Gasteiger partial charge in [-0.05, 0) is 18.2 Å². The summed E-state index contributed by atoms with van der Waals surface area (Å²) in [6.07, 6.45) is 0. The Morgan fingerprint density at radius 1 is 1.54 bits per heavy atom. The lowest BCUT2D eigenvalue weighted by atomic mass is 10.2. The Labute approximate surface area is 80.8 Å². The number of anilines is 1. The highest BCUT2D eigenvalue weighted by atomic mass is 32.2. The lowest BCUT2D eigenvalue weighted by Crippen LogP contribution is -2.11. The molecule has 0 unspecified atom stereocenters. The van der Waals surface area contributed by atoms with Crippen LogP contribution >= 0.6 is 11.9 Å². The maximum atomic E-state index is 10.8. The Morgan fingerprint density at radius 2 is 2.31 bits per heavy atom. The molecule has 0 atom stereocenters. The molecule has 0 saturated carbocycles. The van der Waals surface area contributed by atoms with Crippen LogP contribution in [0.4, 0.5) is 5.69 Å². The number of amides is 1. The summed E-state index contributed by atoms with van der Waals surface area (Å²) in [6, 6.07) is 6.98. The smallest absolute Gasteiger partial charge is 0.248 e. The molecule has 13 heavy (non-hydrogen) atoms. The van der Waals surface area contributed by atoms with Crippen molar-refractivity contribution in [2.24, 2.45) is 10.9 Å². The predicted octanol–water partition coefficient (Wildman–Crippen LogP) is 0.762. The molecule has 0 spiro atoms. The Morgan fingerprint density at radius 3 is 2.92 bits per heavy atom. The summed E-state index contributed by atoms with van der Waals surface area (Å²) in [5.41, 5.74) is 6.45. The van der Waals surface area contributed by atoms with E-state index in [0.717, 1.165) is 5.69 Å². The van der Waals surface area contributed by atoms with Gasteiger partial charge in [-0.3, -0.25) is 9.93 Å². The number of hydrogen-bond donors (Lipinski definition) is 3. The first-order valence-corrected chi connectivity index (χ1v) is 4.74. The Balaban J connectivity index is 2.73. The van der Waals surface area contributed by atoms with Gasteiger partial charge in [-0.25, -0.2) is 0 Å². The van der Waals surface area contributed by atoms with Crippen LogP contribution in [0.3, 0.4) is 0 Å². The van der Waals surface area contributed by atoms with Gasteiger partial charge < -0.3 is 11.1 Å². The zero-order chi connectivity index (χ0) is 9.68. The van der Waals surface area contributed by atoms with E-state index in [1.165, 1.54) is 11.9 Å². The number of carbonyl (C=O) groups excluding carboxylic acids is 1. The Bertz CT molecular complexity index is 303. The van der Waals surface area contributed by atoms with Gasteiger partial charge in [-0.2, -0.15) is 0 Å². The summed E-state index contributed by atoms with van der Waals surface area (Å²) in [5.74, 6) is 0.173. The van der Waals surface area contributed by atoms with Crippen LogP contribution in [0.5, 0.6) is 0 Å². The largest absolute Gasteiger partial charge is 0.375 e. The summed E-state index contributed by atoms with van der Waals surface area (Å²) >= 11 is 1.18. The molecular weight excluding hydrogens is 186 g/mol. The zero-order valence-corrected chi connectivity index (χ0v) is 7.80. The third-order valence-corrected chi connectivity index (χ3v) is 1.82. The van der Waals surface area contributed by atoms with Crippen molar-refractivity contribution in [2.75, 3.05) is 11.2 Å². The molecule has 0 radical (unpaired) electrons. The molecule has 0 bridgehead atoms. The van der Waals surface area contributed by atoms with Crippen molar-refractivity contribution in [1.29, 1.82) is 0 Å². The number of nitrogens with one attached hydrogen (secondary N) is 1. The van der Waals surface area contributed by atoms with E-state index in [1.807, 2.05) is 6.07 Å². The lowest BCUT2D eigenvalue weighted by molar-refractivity contribution is 0.100. The van der Waals surface area contributed by atoms with Gasteiger partial charge in [0.1, 0.15) is 0 Å². The van der Waals surface area contributed by atoms with Crippen LogP contribution in [0.2, 0.25) is 0 Å². The fourth-order valence-corrected chi connectivity index (χ4v) is 1.16. The van der Waals surface area contributed by atoms with E-state index in [0.29, 0.717) is 11.4 Å². The topological polar surface area (TPSA) is 81.1 Å². The molecule has 0 aliphatic rings. The molecule has 0 aliphatic carbocycles. The highest BCUT2D eigenvalue weighted by Crippen LogP contribution is 2.10. The molecule has 0 heterocycles. The van der Waals surface area contributed by atoms with Crippen LogP contribution < -0.4 is 16.2 Å². The van der Waals surface area contributed by atoms with Gasteiger partial charge in [0.25, 0.3) is 0 Å². The normalized spacial score (nSPS) is 9.62. The monoisotopic (exact) mass is 197 g/mol. The van der Waals surface area contributed by atoms with E-state index in [1.54, 1.807) is 18.2 Å². The van der Waals surface area contributed by atoms with E-state index in [-0.39, 0.29) is 0 Å². The molecule has 1 aromatic rings. The molecule has 1 aromatic carbocycles. The molecule has 0 fully saturated rings. The summed E-state index contributed by atoms with van der Waals surface area (Å²) < 4.78 is 0. The Kier molecular flexibility index (Phi) is 3.60. The van der Waals surface area contributed by atoms with E-state index in [9.17, 15) is 4.79 Å². The third kappa shape index (κ3) is 2.96. The van der Waals surface area contributed by atoms with Crippen LogP contribution in [0.25, 0.3) is 0 Å². The molecule has 1 amide bonds. The molecular formula is C8H11N3OS. The summed E-state index contributed by atoms with van der Waals surface area (Å²) in [5, 5.41) is 8.26. The average molecular weight is 197 g/mol. The number of nitrogens with two attached hydrogens (primary N) is 2. The van der Waals surface area contributed by atoms with Gasteiger partial charge in [-0.15, -0.1) is 0 Å². The summed E-state index contributed by atoms with van der Waals surface area (Å²) in [4.78, 5) is 10.8. The third-order valence-electron chi connectivity index (χ3n) is 1.51. The standard InChI is InChI=1S/C8H11N3OS/c9-8(12)6-2-1-3-7(4-6)11-5-13-10/h1-4,11H,5,10H2,(H2,9,12). The number of hydrogen-bond acceptors (Lipinski definition) is 4. The molecule has 5 N–H and O–H groups in total. The Hall–Kier alpha value is -1.20. The second kappa shape index (κ2) is 4.74. The fourth-order valence-electron chi connectivity index (χ4n) is 0.907. The number of carbonyl (C=O) groups is 1. The van der Waals surface area contributed by atoms with Gasteiger partial charge in [0.2, 0.25) is 5.91 Å². The van der Waals surface area contributed by atoms with Crippen molar-refractivity contribution in [3.05, 3.63) is 29.8 Å². The quantitative estimate of drug-likeness (QED) is 0.491. The van der Waals surface area contributed by atoms with E-state index in [4.69, 9.17) is 10.9 Å². The number of rotatable bonds is 4. The van der Waals surface area contributed by atoms with Gasteiger partial charge in [0, 0.05) is 11.3 Å². The first-order chi connectivity index (χ1) is 6.24. The van der Waals surface area contributed by atoms with Crippen LogP contribution in [-0.4, -0.2) is 11.8 Å². The minimum atomic E-state index is -0.427. The zero-order valence-electron chi connectivity index (χ0n) is 6.99. The molecule has 5 heteroatoms. The first kappa shape index (κ1) is 9.88. The van der Waals surface area contributed by atoms with Crippen LogP contribution in [0, 0.1) is 0 Å². The number of benzene rings is 1. The van der Waals surface area contributed by atoms with Gasteiger partial charge >= 0.3 is 0 Å². The van der Waals surface area contributed by atoms with E-state index in [2.05, 4.69) is 5.32 Å². The van der Waals surface area contributed by atoms with Crippen molar-refractivity contribution in [3.63, 3.8) is 0 Å². The first-order valence-electron chi connectivity index (χ1n) is 3.69. The maximum Gasteiger partial charge on any atom is 0.248 e. The van der Waals surface area contributed by atoms with Gasteiger partial charge in [0.05, 0.1) is 5.88 Å². The minimum absolute atomic E-state index is 0.427. The second-order valence-electron chi connectivity index (χ2n) is 2.43. The van der Waals surface area contributed by atoms with Crippen molar-refractivity contribution >= 4 is 23.5 Å². The fraction of sp³-hybridized carbons (Fsp3) is 0.125. The predicted molar refractivity (Wildman–Crippen MR) is 55.2 cm³/mol. The van der Waals surface area contributed by atoms with Crippen molar-refractivity contribution in [3.8, 4) is 0 Å². The summed E-state index contributed by atoms with van der Waals surface area (Å²) in [6.45, 7) is 0. The molecule has 1 rings (SSSR count). The van der Waals surface area contributed by atoms with E-state index < -0.39 is 5.91 Å². The van der Waals surface area contributed by atoms with Gasteiger partial charge in [0.15, 0.2) is 0 Å². The average Bonchev–Trinajstić information content (AvgIpc) is 2.15. The molecule has 0 aliphatic heterocycles. The van der Waals surface area contributed by atoms with Crippen LogP contribution in [0.15, 0.2) is 24.3 Å². The maximum absolute atomic E-state index is 10.8. The van der Waals surface area contributed by atoms with Crippen LogP contribution in [-0.2, 0) is 0 Å².